The quantitative estimate of drug-likeness (QED) is 0.898. The Hall–Kier alpha value is -2.00. The molecule has 3 atom stereocenters. The predicted molar refractivity (Wildman–Crippen MR) is 77.1 cm³/mol. The SMILES string of the molecule is Oc1ccc2c(c1)OCC2NC1CC1c1ccccc1. The number of hydrogen-bond acceptors (Lipinski definition) is 3. The van der Waals surface area contributed by atoms with Crippen LogP contribution in [0.15, 0.2) is 48.5 Å². The minimum Gasteiger partial charge on any atom is -0.508 e. The second kappa shape index (κ2) is 4.53. The van der Waals surface area contributed by atoms with Crippen molar-refractivity contribution < 1.29 is 9.84 Å². The Morgan fingerprint density at radius 3 is 2.80 bits per heavy atom. The van der Waals surface area contributed by atoms with E-state index < -0.39 is 0 Å². The Bertz CT molecular complexity index is 626. The van der Waals surface area contributed by atoms with Gasteiger partial charge in [-0.2, -0.15) is 0 Å². The van der Waals surface area contributed by atoms with E-state index >= 15 is 0 Å². The molecular formula is C17H17NO2. The van der Waals surface area contributed by atoms with Crippen LogP contribution in [0.3, 0.4) is 0 Å². The average Bonchev–Trinajstić information content (AvgIpc) is 3.13. The van der Waals surface area contributed by atoms with E-state index in [0.717, 1.165) is 11.3 Å². The van der Waals surface area contributed by atoms with Gasteiger partial charge in [-0.15, -0.1) is 0 Å². The first-order valence-electron chi connectivity index (χ1n) is 7.08. The molecule has 0 spiro atoms. The normalized spacial score (nSPS) is 26.9. The van der Waals surface area contributed by atoms with E-state index in [1.165, 1.54) is 12.0 Å². The lowest BCUT2D eigenvalue weighted by Gasteiger charge is -2.11. The summed E-state index contributed by atoms with van der Waals surface area (Å²) in [5, 5.41) is 13.1. The van der Waals surface area contributed by atoms with Crippen LogP contribution in [0.4, 0.5) is 0 Å². The first-order valence-corrected chi connectivity index (χ1v) is 7.08. The number of phenolic OH excluding ortho intramolecular Hbond substituents is 1. The maximum Gasteiger partial charge on any atom is 0.127 e. The summed E-state index contributed by atoms with van der Waals surface area (Å²) < 4.78 is 5.64. The monoisotopic (exact) mass is 267 g/mol. The van der Waals surface area contributed by atoms with Gasteiger partial charge in [0.15, 0.2) is 0 Å². The van der Waals surface area contributed by atoms with Gasteiger partial charge in [0.05, 0.1) is 6.04 Å². The lowest BCUT2D eigenvalue weighted by atomic mass is 10.1. The summed E-state index contributed by atoms with van der Waals surface area (Å²) in [6, 6.07) is 16.8. The molecule has 1 aliphatic carbocycles. The van der Waals surface area contributed by atoms with Crippen molar-refractivity contribution in [3.05, 3.63) is 59.7 Å². The van der Waals surface area contributed by atoms with Gasteiger partial charge in [0.2, 0.25) is 0 Å². The molecule has 1 aliphatic heterocycles. The Morgan fingerprint density at radius 2 is 1.95 bits per heavy atom. The number of ether oxygens (including phenoxy) is 1. The predicted octanol–water partition coefficient (Wildman–Crippen LogP) is 2.97. The van der Waals surface area contributed by atoms with Gasteiger partial charge in [-0.25, -0.2) is 0 Å². The van der Waals surface area contributed by atoms with Crippen molar-refractivity contribution in [1.29, 1.82) is 0 Å². The Balaban J connectivity index is 1.46. The molecule has 102 valence electrons. The highest BCUT2D eigenvalue weighted by Crippen LogP contribution is 2.44. The highest BCUT2D eigenvalue weighted by molar-refractivity contribution is 5.44. The van der Waals surface area contributed by atoms with E-state index in [-0.39, 0.29) is 11.8 Å². The number of aromatic hydroxyl groups is 1. The van der Waals surface area contributed by atoms with Crippen LogP contribution >= 0.6 is 0 Å². The molecular weight excluding hydrogens is 250 g/mol. The first-order chi connectivity index (χ1) is 9.81. The molecule has 3 nitrogen and oxygen atoms in total. The molecule has 0 amide bonds. The molecule has 1 saturated carbocycles. The van der Waals surface area contributed by atoms with Gasteiger partial charge >= 0.3 is 0 Å². The van der Waals surface area contributed by atoms with Crippen LogP contribution in [0.5, 0.6) is 11.5 Å². The summed E-state index contributed by atoms with van der Waals surface area (Å²) >= 11 is 0. The highest BCUT2D eigenvalue weighted by atomic mass is 16.5. The van der Waals surface area contributed by atoms with Crippen LogP contribution in [0.2, 0.25) is 0 Å². The molecule has 2 aliphatic rings. The number of phenols is 1. The molecule has 3 unspecified atom stereocenters. The minimum absolute atomic E-state index is 0.240. The largest absolute Gasteiger partial charge is 0.508 e. The third kappa shape index (κ3) is 2.04. The van der Waals surface area contributed by atoms with Crippen molar-refractivity contribution in [2.45, 2.75) is 24.4 Å². The second-order valence-corrected chi connectivity index (χ2v) is 5.61. The number of hydrogen-bond donors (Lipinski definition) is 2. The van der Waals surface area contributed by atoms with Gasteiger partial charge in [-0.1, -0.05) is 30.3 Å². The van der Waals surface area contributed by atoms with Crippen molar-refractivity contribution in [2.24, 2.45) is 0 Å². The van der Waals surface area contributed by atoms with E-state index in [2.05, 4.69) is 35.6 Å². The van der Waals surface area contributed by atoms with E-state index in [1.54, 1.807) is 12.1 Å². The molecule has 2 aromatic rings. The van der Waals surface area contributed by atoms with Crippen LogP contribution in [0.1, 0.15) is 29.5 Å². The maximum atomic E-state index is 9.47. The first kappa shape index (κ1) is 11.8. The van der Waals surface area contributed by atoms with Gasteiger partial charge < -0.3 is 15.2 Å². The Kier molecular flexibility index (Phi) is 2.67. The van der Waals surface area contributed by atoms with Crippen molar-refractivity contribution in [1.82, 2.24) is 5.32 Å². The van der Waals surface area contributed by atoms with Crippen LogP contribution in [0.25, 0.3) is 0 Å². The molecule has 1 fully saturated rings. The standard InChI is InChI=1S/C17H17NO2/c19-12-6-7-13-16(10-20-17(13)8-12)18-15-9-14(15)11-4-2-1-3-5-11/h1-8,14-16,18-19H,9-10H2. The van der Waals surface area contributed by atoms with Crippen LogP contribution in [0, 0.1) is 0 Å². The maximum absolute atomic E-state index is 9.47. The molecule has 20 heavy (non-hydrogen) atoms. The van der Waals surface area contributed by atoms with Gasteiger partial charge in [0, 0.05) is 23.6 Å². The van der Waals surface area contributed by atoms with Crippen LogP contribution in [-0.4, -0.2) is 17.8 Å². The van der Waals surface area contributed by atoms with Crippen LogP contribution < -0.4 is 10.1 Å². The summed E-state index contributed by atoms with van der Waals surface area (Å²) in [6.45, 7) is 0.650. The van der Waals surface area contributed by atoms with Gasteiger partial charge in [-0.3, -0.25) is 0 Å². The van der Waals surface area contributed by atoms with Crippen molar-refractivity contribution in [2.75, 3.05) is 6.61 Å². The Morgan fingerprint density at radius 1 is 1.10 bits per heavy atom. The van der Waals surface area contributed by atoms with Crippen LogP contribution in [-0.2, 0) is 0 Å². The summed E-state index contributed by atoms with van der Waals surface area (Å²) in [5.41, 5.74) is 2.57. The molecule has 2 aromatic carbocycles. The fourth-order valence-corrected chi connectivity index (χ4v) is 3.04. The molecule has 0 aromatic heterocycles. The zero-order valence-corrected chi connectivity index (χ0v) is 11.1. The summed E-state index contributed by atoms with van der Waals surface area (Å²) in [6.07, 6.45) is 1.19. The Labute approximate surface area is 118 Å². The van der Waals surface area contributed by atoms with Gasteiger partial charge in [-0.05, 0) is 24.1 Å². The molecule has 0 saturated heterocycles. The summed E-state index contributed by atoms with van der Waals surface area (Å²) in [5.74, 6) is 1.69. The highest BCUT2D eigenvalue weighted by Gasteiger charge is 2.40. The van der Waals surface area contributed by atoms with Crippen molar-refractivity contribution in [3.8, 4) is 11.5 Å². The van der Waals surface area contributed by atoms with Crippen molar-refractivity contribution in [3.63, 3.8) is 0 Å². The lowest BCUT2D eigenvalue weighted by Crippen LogP contribution is -2.25. The van der Waals surface area contributed by atoms with E-state index in [0.29, 0.717) is 18.6 Å². The third-order valence-electron chi connectivity index (χ3n) is 4.21. The second-order valence-electron chi connectivity index (χ2n) is 5.61. The summed E-state index contributed by atoms with van der Waals surface area (Å²) in [7, 11) is 0. The molecule has 0 bridgehead atoms. The van der Waals surface area contributed by atoms with E-state index in [1.807, 2.05) is 6.07 Å². The third-order valence-corrected chi connectivity index (χ3v) is 4.21. The van der Waals surface area contributed by atoms with Gasteiger partial charge in [0.1, 0.15) is 18.1 Å². The van der Waals surface area contributed by atoms with E-state index in [4.69, 9.17) is 4.74 Å². The zero-order valence-electron chi connectivity index (χ0n) is 11.1. The number of rotatable bonds is 3. The minimum atomic E-state index is 0.240. The van der Waals surface area contributed by atoms with Crippen molar-refractivity contribution >= 4 is 0 Å². The average molecular weight is 267 g/mol. The number of nitrogens with one attached hydrogen (secondary N) is 1. The molecule has 2 N–H and O–H groups in total. The fourth-order valence-electron chi connectivity index (χ4n) is 3.04. The van der Waals surface area contributed by atoms with E-state index in [9.17, 15) is 5.11 Å². The smallest absolute Gasteiger partial charge is 0.127 e. The molecule has 4 rings (SSSR count). The topological polar surface area (TPSA) is 41.5 Å². The molecule has 0 radical (unpaired) electrons. The van der Waals surface area contributed by atoms with Gasteiger partial charge in [0.25, 0.3) is 0 Å². The molecule has 1 heterocycles. The zero-order chi connectivity index (χ0) is 13.5. The number of benzene rings is 2. The summed E-state index contributed by atoms with van der Waals surface area (Å²) in [4.78, 5) is 0. The number of fused-ring (bicyclic) bond motifs is 1. The lowest BCUT2D eigenvalue weighted by molar-refractivity contribution is 0.308. The molecule has 3 heteroatoms. The fraction of sp³-hybridized carbons (Fsp3) is 0.294.